The average molecular weight is 368 g/mol. The van der Waals surface area contributed by atoms with Crippen molar-refractivity contribution in [2.75, 3.05) is 31.2 Å². The summed E-state index contributed by atoms with van der Waals surface area (Å²) in [6.07, 6.45) is 1.45. The van der Waals surface area contributed by atoms with Gasteiger partial charge in [0, 0.05) is 24.7 Å². The van der Waals surface area contributed by atoms with Crippen LogP contribution in [-0.4, -0.2) is 38.1 Å². The molecule has 0 unspecified atom stereocenters. The molecule has 3 rings (SSSR count). The fraction of sp³-hybridized carbons (Fsp3) is 0.333. The lowest BCUT2D eigenvalue weighted by Gasteiger charge is -2.16. The van der Waals surface area contributed by atoms with Crippen molar-refractivity contribution in [1.82, 2.24) is 5.32 Å². The normalized spacial score (nSPS) is 13.5. The van der Waals surface area contributed by atoms with Crippen LogP contribution in [0.2, 0.25) is 0 Å². The summed E-state index contributed by atoms with van der Waals surface area (Å²) in [7, 11) is 0. The monoisotopic (exact) mass is 368 g/mol. The van der Waals surface area contributed by atoms with Crippen LogP contribution in [0.1, 0.15) is 18.4 Å². The molecule has 2 aromatic rings. The molecular formula is C21H24N2O4. The number of hydrogen-bond donors (Lipinski definition) is 1. The molecule has 0 aliphatic carbocycles. The zero-order valence-corrected chi connectivity index (χ0v) is 15.4. The predicted octanol–water partition coefficient (Wildman–Crippen LogP) is 2.70. The van der Waals surface area contributed by atoms with Crippen molar-refractivity contribution in [2.45, 2.75) is 19.8 Å². The van der Waals surface area contributed by atoms with Gasteiger partial charge in [-0.15, -0.1) is 0 Å². The van der Waals surface area contributed by atoms with Crippen LogP contribution in [-0.2, 0) is 9.59 Å². The fourth-order valence-electron chi connectivity index (χ4n) is 2.86. The molecule has 1 heterocycles. The standard InChI is InChI=1S/C21H24N2O4/c1-16-7-9-18(10-8-16)26-13-11-22-20(24)15-27-19-5-2-4-17(14-19)23-12-3-6-21(23)25/h2,4-5,7-10,14H,3,6,11-13,15H2,1H3,(H,22,24). The van der Waals surface area contributed by atoms with Crippen LogP contribution >= 0.6 is 0 Å². The summed E-state index contributed by atoms with van der Waals surface area (Å²) in [6, 6.07) is 15.0. The topological polar surface area (TPSA) is 67.9 Å². The predicted molar refractivity (Wildman–Crippen MR) is 103 cm³/mol. The van der Waals surface area contributed by atoms with Crippen LogP contribution in [0.5, 0.6) is 11.5 Å². The van der Waals surface area contributed by atoms with E-state index in [1.807, 2.05) is 43.3 Å². The van der Waals surface area contributed by atoms with Crippen LogP contribution in [0.4, 0.5) is 5.69 Å². The number of carbonyl (C=O) groups is 2. The Morgan fingerprint density at radius 2 is 1.93 bits per heavy atom. The number of nitrogens with zero attached hydrogens (tertiary/aromatic N) is 1. The molecule has 2 aromatic carbocycles. The van der Waals surface area contributed by atoms with Gasteiger partial charge in [0.25, 0.3) is 5.91 Å². The van der Waals surface area contributed by atoms with Gasteiger partial charge in [0.1, 0.15) is 18.1 Å². The smallest absolute Gasteiger partial charge is 0.258 e. The summed E-state index contributed by atoms with van der Waals surface area (Å²) >= 11 is 0. The molecule has 1 fully saturated rings. The molecule has 1 saturated heterocycles. The molecule has 0 radical (unpaired) electrons. The van der Waals surface area contributed by atoms with Gasteiger partial charge >= 0.3 is 0 Å². The molecule has 0 spiro atoms. The van der Waals surface area contributed by atoms with E-state index in [9.17, 15) is 9.59 Å². The summed E-state index contributed by atoms with van der Waals surface area (Å²) in [6.45, 7) is 3.45. The minimum atomic E-state index is -0.217. The van der Waals surface area contributed by atoms with Crippen molar-refractivity contribution in [3.63, 3.8) is 0 Å². The number of ether oxygens (including phenoxy) is 2. The lowest BCUT2D eigenvalue weighted by atomic mass is 10.2. The van der Waals surface area contributed by atoms with Crippen molar-refractivity contribution >= 4 is 17.5 Å². The highest BCUT2D eigenvalue weighted by molar-refractivity contribution is 5.95. The van der Waals surface area contributed by atoms with E-state index < -0.39 is 0 Å². The molecule has 6 heteroatoms. The van der Waals surface area contributed by atoms with Crippen LogP contribution in [0.3, 0.4) is 0 Å². The van der Waals surface area contributed by atoms with E-state index in [1.165, 1.54) is 5.56 Å². The van der Waals surface area contributed by atoms with Crippen LogP contribution in [0, 0.1) is 6.92 Å². The molecule has 0 bridgehead atoms. The van der Waals surface area contributed by atoms with Gasteiger partial charge in [-0.25, -0.2) is 0 Å². The summed E-state index contributed by atoms with van der Waals surface area (Å²) < 4.78 is 11.1. The summed E-state index contributed by atoms with van der Waals surface area (Å²) in [5.74, 6) is 1.25. The largest absolute Gasteiger partial charge is 0.492 e. The van der Waals surface area contributed by atoms with E-state index >= 15 is 0 Å². The van der Waals surface area contributed by atoms with E-state index in [4.69, 9.17) is 9.47 Å². The Bertz CT molecular complexity index is 789. The van der Waals surface area contributed by atoms with Crippen LogP contribution in [0.25, 0.3) is 0 Å². The van der Waals surface area contributed by atoms with E-state index in [-0.39, 0.29) is 18.4 Å². The number of amides is 2. The maximum atomic E-state index is 11.9. The third-order valence-corrected chi connectivity index (χ3v) is 4.29. The number of carbonyl (C=O) groups excluding carboxylic acids is 2. The third kappa shape index (κ3) is 5.48. The lowest BCUT2D eigenvalue weighted by molar-refractivity contribution is -0.123. The zero-order valence-electron chi connectivity index (χ0n) is 15.4. The van der Waals surface area contributed by atoms with E-state index in [0.29, 0.717) is 25.3 Å². The third-order valence-electron chi connectivity index (χ3n) is 4.29. The van der Waals surface area contributed by atoms with Crippen molar-refractivity contribution in [1.29, 1.82) is 0 Å². The first-order valence-corrected chi connectivity index (χ1v) is 9.11. The molecule has 0 saturated carbocycles. The summed E-state index contributed by atoms with van der Waals surface area (Å²) in [4.78, 5) is 25.5. The second-order valence-electron chi connectivity index (χ2n) is 6.45. The maximum Gasteiger partial charge on any atom is 0.258 e. The molecule has 27 heavy (non-hydrogen) atoms. The Labute approximate surface area is 159 Å². The minimum absolute atomic E-state index is 0.0814. The number of benzene rings is 2. The van der Waals surface area contributed by atoms with Gasteiger partial charge < -0.3 is 19.7 Å². The molecule has 6 nitrogen and oxygen atoms in total. The Balaban J connectivity index is 1.39. The van der Waals surface area contributed by atoms with Crippen molar-refractivity contribution < 1.29 is 19.1 Å². The van der Waals surface area contributed by atoms with E-state index in [1.54, 1.807) is 17.0 Å². The Morgan fingerprint density at radius 1 is 1.11 bits per heavy atom. The Hall–Kier alpha value is -3.02. The molecule has 142 valence electrons. The number of aryl methyl sites for hydroxylation is 1. The summed E-state index contributed by atoms with van der Waals surface area (Å²) in [5.41, 5.74) is 1.98. The molecule has 1 aliphatic heterocycles. The first-order valence-electron chi connectivity index (χ1n) is 9.11. The highest BCUT2D eigenvalue weighted by Gasteiger charge is 2.21. The second kappa shape index (κ2) is 9.07. The SMILES string of the molecule is Cc1ccc(OCCNC(=O)COc2cccc(N3CCCC3=O)c2)cc1. The van der Waals surface area contributed by atoms with Gasteiger partial charge in [0.15, 0.2) is 6.61 Å². The molecule has 0 atom stereocenters. The molecular weight excluding hydrogens is 344 g/mol. The van der Waals surface area contributed by atoms with Gasteiger partial charge in [-0.2, -0.15) is 0 Å². The zero-order chi connectivity index (χ0) is 19.1. The Morgan fingerprint density at radius 3 is 2.67 bits per heavy atom. The summed E-state index contributed by atoms with van der Waals surface area (Å²) in [5, 5.41) is 2.76. The van der Waals surface area contributed by atoms with E-state index in [0.717, 1.165) is 24.4 Å². The van der Waals surface area contributed by atoms with E-state index in [2.05, 4.69) is 5.32 Å². The molecule has 0 aromatic heterocycles. The van der Waals surface area contributed by atoms with Gasteiger partial charge in [0.05, 0.1) is 6.54 Å². The molecule has 1 N–H and O–H groups in total. The average Bonchev–Trinajstić information content (AvgIpc) is 3.11. The van der Waals surface area contributed by atoms with Gasteiger partial charge in [-0.1, -0.05) is 23.8 Å². The fourth-order valence-corrected chi connectivity index (χ4v) is 2.86. The van der Waals surface area contributed by atoms with Gasteiger partial charge in [0.2, 0.25) is 5.91 Å². The first-order chi connectivity index (χ1) is 13.1. The van der Waals surface area contributed by atoms with Gasteiger partial charge in [-0.05, 0) is 37.6 Å². The molecule has 2 amide bonds. The van der Waals surface area contributed by atoms with Crippen LogP contribution < -0.4 is 19.7 Å². The van der Waals surface area contributed by atoms with Gasteiger partial charge in [-0.3, -0.25) is 9.59 Å². The number of anilines is 1. The lowest BCUT2D eigenvalue weighted by Crippen LogP contribution is -2.32. The minimum Gasteiger partial charge on any atom is -0.492 e. The highest BCUT2D eigenvalue weighted by Crippen LogP contribution is 2.25. The maximum absolute atomic E-state index is 11.9. The van der Waals surface area contributed by atoms with Crippen molar-refractivity contribution in [2.24, 2.45) is 0 Å². The quantitative estimate of drug-likeness (QED) is 0.728. The van der Waals surface area contributed by atoms with Crippen molar-refractivity contribution in [3.8, 4) is 11.5 Å². The Kier molecular flexibility index (Phi) is 6.30. The molecule has 1 aliphatic rings. The second-order valence-corrected chi connectivity index (χ2v) is 6.45. The number of nitrogens with one attached hydrogen (secondary N) is 1. The number of hydrogen-bond acceptors (Lipinski definition) is 4. The first kappa shape index (κ1) is 18.8. The van der Waals surface area contributed by atoms with Crippen molar-refractivity contribution in [3.05, 3.63) is 54.1 Å². The van der Waals surface area contributed by atoms with Crippen LogP contribution in [0.15, 0.2) is 48.5 Å². The number of rotatable bonds is 8. The highest BCUT2D eigenvalue weighted by atomic mass is 16.5.